The molecule has 0 aromatic rings. The average molecular weight is 296 g/mol. The molecule has 1 aliphatic heterocycles. The van der Waals surface area contributed by atoms with Crippen molar-refractivity contribution in [1.29, 1.82) is 0 Å². The molecular formula is C10H21IN2. The van der Waals surface area contributed by atoms with Crippen molar-refractivity contribution in [2.45, 2.75) is 36.7 Å². The van der Waals surface area contributed by atoms with E-state index >= 15 is 0 Å². The Kier molecular flexibility index (Phi) is 4.45. The lowest BCUT2D eigenvalue weighted by atomic mass is 10.0. The summed E-state index contributed by atoms with van der Waals surface area (Å²) in [5, 5.41) is 0. The van der Waals surface area contributed by atoms with E-state index in [1.807, 2.05) is 0 Å². The molecule has 78 valence electrons. The predicted molar refractivity (Wildman–Crippen MR) is 66.1 cm³/mol. The molecule has 0 aliphatic carbocycles. The van der Waals surface area contributed by atoms with Crippen molar-refractivity contribution < 1.29 is 0 Å². The number of rotatable bonds is 4. The van der Waals surface area contributed by atoms with E-state index in [1.165, 1.54) is 32.4 Å². The molecular weight excluding hydrogens is 275 g/mol. The van der Waals surface area contributed by atoms with E-state index in [-0.39, 0.29) is 0 Å². The molecule has 1 aliphatic rings. The molecule has 1 saturated heterocycles. The molecule has 1 heterocycles. The Bertz CT molecular complexity index is 153. The van der Waals surface area contributed by atoms with Crippen molar-refractivity contribution in [2.24, 2.45) is 11.7 Å². The molecule has 2 nitrogen and oxygen atoms in total. The summed E-state index contributed by atoms with van der Waals surface area (Å²) in [4.78, 5) is 2.58. The highest BCUT2D eigenvalue weighted by molar-refractivity contribution is 14.1. The Labute approximate surface area is 95.4 Å². The molecule has 0 amide bonds. The summed E-state index contributed by atoms with van der Waals surface area (Å²) in [6, 6.07) is 0. The van der Waals surface area contributed by atoms with Crippen LogP contribution in [0.1, 0.15) is 33.1 Å². The largest absolute Gasteiger partial charge is 0.330 e. The summed E-state index contributed by atoms with van der Waals surface area (Å²) < 4.78 is 0.329. The minimum atomic E-state index is 0.329. The minimum absolute atomic E-state index is 0.329. The van der Waals surface area contributed by atoms with Crippen molar-refractivity contribution in [1.82, 2.24) is 4.90 Å². The van der Waals surface area contributed by atoms with Gasteiger partial charge < -0.3 is 5.73 Å². The molecule has 0 spiro atoms. The Balaban J connectivity index is 2.28. The Morgan fingerprint density at radius 3 is 2.69 bits per heavy atom. The van der Waals surface area contributed by atoms with E-state index in [0.717, 1.165) is 12.5 Å². The lowest BCUT2D eigenvalue weighted by Gasteiger charge is -2.29. The van der Waals surface area contributed by atoms with E-state index in [1.54, 1.807) is 0 Å². The van der Waals surface area contributed by atoms with Gasteiger partial charge in [0.15, 0.2) is 0 Å². The van der Waals surface area contributed by atoms with Gasteiger partial charge >= 0.3 is 0 Å². The maximum atomic E-state index is 5.51. The van der Waals surface area contributed by atoms with Gasteiger partial charge in [0.1, 0.15) is 0 Å². The van der Waals surface area contributed by atoms with E-state index in [0.29, 0.717) is 3.55 Å². The standard InChI is InChI=1S/C10H21IN2/c1-10(2,11)13-7-5-9(8-13)4-3-6-12/h9H,3-8,12H2,1-2H3/t9-/m0/s1. The van der Waals surface area contributed by atoms with Gasteiger partial charge in [-0.25, -0.2) is 0 Å². The van der Waals surface area contributed by atoms with Gasteiger partial charge in [-0.3, -0.25) is 4.90 Å². The van der Waals surface area contributed by atoms with Crippen LogP contribution in [0.2, 0.25) is 0 Å². The van der Waals surface area contributed by atoms with E-state index in [4.69, 9.17) is 5.73 Å². The Morgan fingerprint density at radius 2 is 2.23 bits per heavy atom. The smallest absolute Gasteiger partial charge is 0.0673 e. The molecule has 0 aromatic carbocycles. The van der Waals surface area contributed by atoms with Crippen LogP contribution >= 0.6 is 22.6 Å². The molecule has 0 bridgehead atoms. The fourth-order valence-electron chi connectivity index (χ4n) is 1.96. The summed E-state index contributed by atoms with van der Waals surface area (Å²) in [6.45, 7) is 7.98. The van der Waals surface area contributed by atoms with Crippen LogP contribution in [0, 0.1) is 5.92 Å². The first-order valence-electron chi connectivity index (χ1n) is 5.18. The van der Waals surface area contributed by atoms with E-state index in [9.17, 15) is 0 Å². The second kappa shape index (κ2) is 4.94. The molecule has 1 rings (SSSR count). The molecule has 0 saturated carbocycles. The summed E-state index contributed by atoms with van der Waals surface area (Å²) in [7, 11) is 0. The normalized spacial score (nSPS) is 25.4. The quantitative estimate of drug-likeness (QED) is 0.490. The van der Waals surface area contributed by atoms with Crippen molar-refractivity contribution in [2.75, 3.05) is 19.6 Å². The number of hydrogen-bond donors (Lipinski definition) is 1. The first kappa shape index (κ1) is 11.7. The molecule has 0 radical (unpaired) electrons. The SMILES string of the molecule is CC(C)(I)N1CC[C@H](CCCN)C1. The van der Waals surface area contributed by atoms with Crippen LogP contribution in [0.15, 0.2) is 0 Å². The first-order chi connectivity index (χ1) is 6.04. The second-order valence-corrected chi connectivity index (χ2v) is 7.08. The summed E-state index contributed by atoms with van der Waals surface area (Å²) in [5.41, 5.74) is 5.51. The Hall–Kier alpha value is 0.650. The Morgan fingerprint density at radius 1 is 1.54 bits per heavy atom. The highest BCUT2D eigenvalue weighted by Crippen LogP contribution is 2.31. The highest BCUT2D eigenvalue weighted by Gasteiger charge is 2.30. The monoisotopic (exact) mass is 296 g/mol. The molecule has 2 N–H and O–H groups in total. The number of hydrogen-bond acceptors (Lipinski definition) is 2. The van der Waals surface area contributed by atoms with Gasteiger partial charge in [0, 0.05) is 6.54 Å². The first-order valence-corrected chi connectivity index (χ1v) is 6.26. The molecule has 0 aromatic heterocycles. The van der Waals surface area contributed by atoms with Gasteiger partial charge in [-0.1, -0.05) is 22.6 Å². The number of alkyl halides is 1. The lowest BCUT2D eigenvalue weighted by Crippen LogP contribution is -2.36. The maximum absolute atomic E-state index is 5.51. The third-order valence-corrected chi connectivity index (χ3v) is 3.54. The molecule has 3 heteroatoms. The molecule has 0 unspecified atom stereocenters. The van der Waals surface area contributed by atoms with Crippen LogP contribution < -0.4 is 5.73 Å². The third kappa shape index (κ3) is 3.72. The zero-order valence-electron chi connectivity index (χ0n) is 8.72. The molecule has 1 fully saturated rings. The minimum Gasteiger partial charge on any atom is -0.330 e. The van der Waals surface area contributed by atoms with Crippen molar-refractivity contribution in [3.05, 3.63) is 0 Å². The topological polar surface area (TPSA) is 29.3 Å². The third-order valence-electron chi connectivity index (χ3n) is 2.85. The van der Waals surface area contributed by atoms with Crippen molar-refractivity contribution in [3.8, 4) is 0 Å². The number of nitrogens with two attached hydrogens (primary N) is 1. The van der Waals surface area contributed by atoms with Crippen LogP contribution in [0.25, 0.3) is 0 Å². The van der Waals surface area contributed by atoms with Gasteiger partial charge in [0.2, 0.25) is 0 Å². The van der Waals surface area contributed by atoms with Gasteiger partial charge in [-0.05, 0) is 52.1 Å². The predicted octanol–water partition coefficient (Wildman–Crippen LogP) is 2.22. The summed E-state index contributed by atoms with van der Waals surface area (Å²) >= 11 is 2.53. The molecule has 13 heavy (non-hydrogen) atoms. The zero-order chi connectivity index (χ0) is 9.90. The number of halogens is 1. The highest BCUT2D eigenvalue weighted by atomic mass is 127. The van der Waals surface area contributed by atoms with Gasteiger partial charge in [-0.2, -0.15) is 0 Å². The second-order valence-electron chi connectivity index (χ2n) is 4.44. The van der Waals surface area contributed by atoms with Gasteiger partial charge in [0.05, 0.1) is 3.55 Å². The fraction of sp³-hybridized carbons (Fsp3) is 1.00. The summed E-state index contributed by atoms with van der Waals surface area (Å²) in [6.07, 6.45) is 3.88. The number of likely N-dealkylation sites (tertiary alicyclic amines) is 1. The van der Waals surface area contributed by atoms with Crippen LogP contribution in [0.4, 0.5) is 0 Å². The zero-order valence-corrected chi connectivity index (χ0v) is 10.9. The van der Waals surface area contributed by atoms with Crippen LogP contribution in [-0.4, -0.2) is 28.1 Å². The lowest BCUT2D eigenvalue weighted by molar-refractivity contribution is 0.248. The fourth-order valence-corrected chi connectivity index (χ4v) is 2.40. The van der Waals surface area contributed by atoms with Crippen LogP contribution in [0.5, 0.6) is 0 Å². The van der Waals surface area contributed by atoms with Crippen LogP contribution in [-0.2, 0) is 0 Å². The van der Waals surface area contributed by atoms with Crippen molar-refractivity contribution >= 4 is 22.6 Å². The summed E-state index contributed by atoms with van der Waals surface area (Å²) in [5.74, 6) is 0.901. The van der Waals surface area contributed by atoms with Crippen molar-refractivity contribution in [3.63, 3.8) is 0 Å². The average Bonchev–Trinajstić information content (AvgIpc) is 2.47. The maximum Gasteiger partial charge on any atom is 0.0673 e. The number of nitrogens with zero attached hydrogens (tertiary/aromatic N) is 1. The van der Waals surface area contributed by atoms with Crippen LogP contribution in [0.3, 0.4) is 0 Å². The van der Waals surface area contributed by atoms with Gasteiger partial charge in [-0.15, -0.1) is 0 Å². The van der Waals surface area contributed by atoms with E-state index in [2.05, 4.69) is 41.3 Å². The van der Waals surface area contributed by atoms with Gasteiger partial charge in [0.25, 0.3) is 0 Å². The van der Waals surface area contributed by atoms with E-state index < -0.39 is 0 Å². The molecule has 1 atom stereocenters.